The maximum atomic E-state index is 10.4. The Balaban J connectivity index is 2.26. The highest BCUT2D eigenvalue weighted by atomic mass is 32.2. The van der Waals surface area contributed by atoms with Crippen molar-refractivity contribution in [3.05, 3.63) is 90.9 Å². The van der Waals surface area contributed by atoms with Gasteiger partial charge in [-0.25, -0.2) is 0 Å². The molecule has 0 N–H and O–H groups in total. The van der Waals surface area contributed by atoms with Crippen molar-refractivity contribution in [2.24, 2.45) is 5.34 Å². The monoisotopic (exact) mass is 271 g/mol. The third-order valence-corrected chi connectivity index (χ3v) is 3.42. The third kappa shape index (κ3) is 3.41. The van der Waals surface area contributed by atoms with E-state index >= 15 is 0 Å². The number of nitrogens with zero attached hydrogens (tertiary/aromatic N) is 1. The fourth-order valence-corrected chi connectivity index (χ4v) is 2.44. The molecule has 2 aliphatic rings. The summed E-state index contributed by atoms with van der Waals surface area (Å²) in [5.74, 6) is 1.96. The van der Waals surface area contributed by atoms with Crippen LogP contribution in [0, 0.1) is 68.1 Å². The highest BCUT2D eigenvalue weighted by Crippen LogP contribution is 2.44. The lowest BCUT2D eigenvalue weighted by molar-refractivity contribution is 0.248. The van der Waals surface area contributed by atoms with Gasteiger partial charge >= 0.3 is 0 Å². The first-order valence-electron chi connectivity index (χ1n) is 5.69. The van der Waals surface area contributed by atoms with Crippen molar-refractivity contribution in [1.82, 2.24) is 0 Å². The molecule has 2 saturated carbocycles. The van der Waals surface area contributed by atoms with Crippen molar-refractivity contribution in [3.8, 4) is 0 Å². The number of hydrogen-bond acceptors (Lipinski definition) is 4. The fourth-order valence-electron chi connectivity index (χ4n) is 1.89. The van der Waals surface area contributed by atoms with Crippen molar-refractivity contribution in [2.75, 3.05) is 6.26 Å². The maximum absolute atomic E-state index is 10.4. The Morgan fingerprint density at radius 3 is 2.11 bits per heavy atom. The van der Waals surface area contributed by atoms with Crippen LogP contribution < -0.4 is 0 Å². The molecular weight excluding hydrogens is 258 g/mol. The van der Waals surface area contributed by atoms with Gasteiger partial charge in [-0.2, -0.15) is 0 Å². The predicted octanol–water partition coefficient (Wildman–Crippen LogP) is 3.63. The van der Waals surface area contributed by atoms with Crippen LogP contribution in [0.5, 0.6) is 0 Å². The lowest BCUT2D eigenvalue weighted by Crippen LogP contribution is -2.09. The third-order valence-electron chi connectivity index (χ3n) is 2.77. The Labute approximate surface area is 119 Å². The molecule has 0 saturated heterocycles. The zero-order valence-corrected chi connectivity index (χ0v) is 11.3. The molecule has 2 fully saturated rings. The van der Waals surface area contributed by atoms with Crippen LogP contribution >= 0.6 is 11.8 Å². The molecule has 0 atom stereocenters. The number of rotatable bonds is 6. The summed E-state index contributed by atoms with van der Waals surface area (Å²) < 4.78 is 0. The Morgan fingerprint density at radius 1 is 1.11 bits per heavy atom. The van der Waals surface area contributed by atoms with Gasteiger partial charge in [-0.3, -0.25) is 0 Å². The molecule has 0 heterocycles. The van der Waals surface area contributed by atoms with Gasteiger partial charge in [0.1, 0.15) is 0 Å². The van der Waals surface area contributed by atoms with Gasteiger partial charge in [-0.05, 0) is 63.2 Å². The second kappa shape index (κ2) is 7.13. The van der Waals surface area contributed by atoms with E-state index in [0.717, 1.165) is 23.0 Å². The molecule has 0 aromatic carbocycles. The van der Waals surface area contributed by atoms with Gasteiger partial charge < -0.3 is 4.84 Å². The molecule has 0 aliphatic heterocycles. The molecule has 0 spiro atoms. The van der Waals surface area contributed by atoms with Gasteiger partial charge in [0.05, 0.1) is 0 Å². The van der Waals surface area contributed by atoms with Crippen LogP contribution in [0.15, 0.2) is 28.2 Å². The summed E-state index contributed by atoms with van der Waals surface area (Å²) in [6.45, 7) is 4.11. The van der Waals surface area contributed by atoms with E-state index in [2.05, 4.69) is 11.9 Å². The molecule has 10 radical (unpaired) electrons. The summed E-state index contributed by atoms with van der Waals surface area (Å²) in [4.78, 5) is 15.3. The molecule has 96 valence electrons. The van der Waals surface area contributed by atoms with E-state index in [1.165, 1.54) is 11.8 Å². The van der Waals surface area contributed by atoms with Gasteiger partial charge in [0.25, 0.3) is 0 Å². The Hall–Kier alpha value is -0.770. The molecule has 4 heteroatoms. The minimum absolute atomic E-state index is 0.451. The number of allylic oxidation sites excluding steroid dienone is 2. The van der Waals surface area contributed by atoms with E-state index in [-0.39, 0.29) is 0 Å². The van der Waals surface area contributed by atoms with Gasteiger partial charge in [0.15, 0.2) is 10.4 Å². The summed E-state index contributed by atoms with van der Waals surface area (Å²) in [6.07, 6.45) is 17.4. The summed E-state index contributed by atoms with van der Waals surface area (Å²) in [5, 5.41) is 2.98. The Bertz CT molecular complexity index is 366. The fraction of sp³-hybridized carbons (Fsp3) is 0.0667. The normalized spacial score (nSPS) is 22.4. The second-order valence-electron chi connectivity index (χ2n) is 3.86. The van der Waals surface area contributed by atoms with Gasteiger partial charge in [0, 0.05) is 17.4 Å². The molecule has 19 heavy (non-hydrogen) atoms. The SMILES string of the molecule is C=C([C]1[CH][CH][CH][CH]1)/C([C]1[CH][CH][CH][CH]1)=C(\ON=O)SC. The molecule has 0 aromatic rings. The topological polar surface area (TPSA) is 38.7 Å². The zero-order valence-electron chi connectivity index (χ0n) is 10.5. The van der Waals surface area contributed by atoms with E-state index < -0.39 is 0 Å². The Morgan fingerprint density at radius 2 is 1.63 bits per heavy atom. The molecule has 0 amide bonds. The first kappa shape index (κ1) is 14.6. The van der Waals surface area contributed by atoms with E-state index in [4.69, 9.17) is 4.84 Å². The van der Waals surface area contributed by atoms with Crippen LogP contribution in [0.2, 0.25) is 0 Å². The zero-order chi connectivity index (χ0) is 13.7. The van der Waals surface area contributed by atoms with E-state index in [1.54, 1.807) is 0 Å². The van der Waals surface area contributed by atoms with Gasteiger partial charge in [-0.15, -0.1) is 4.91 Å². The molecule has 0 aromatic heterocycles. The molecule has 0 unspecified atom stereocenters. The average molecular weight is 271 g/mol. The number of hydrogen-bond donors (Lipinski definition) is 0. The second-order valence-corrected chi connectivity index (χ2v) is 4.64. The lowest BCUT2D eigenvalue weighted by atomic mass is 9.85. The standard InChI is InChI=1S/C15H13NO2S/c1-11(12-7-3-4-8-12)14(13-9-5-6-10-13)15(19-2)18-16-17/h3-10H,1H2,2H3/b15-14-. The summed E-state index contributed by atoms with van der Waals surface area (Å²) >= 11 is 1.33. The quantitative estimate of drug-likeness (QED) is 0.320. The van der Waals surface area contributed by atoms with Crippen molar-refractivity contribution < 1.29 is 4.84 Å². The molecule has 0 bridgehead atoms. The van der Waals surface area contributed by atoms with Gasteiger partial charge in [0.2, 0.25) is 0 Å². The molecule has 3 nitrogen and oxygen atoms in total. The van der Waals surface area contributed by atoms with Crippen molar-refractivity contribution >= 4 is 11.8 Å². The van der Waals surface area contributed by atoms with E-state index in [1.807, 2.05) is 57.6 Å². The predicted molar refractivity (Wildman–Crippen MR) is 77.4 cm³/mol. The first-order chi connectivity index (χ1) is 9.27. The lowest BCUT2D eigenvalue weighted by Gasteiger charge is -2.21. The summed E-state index contributed by atoms with van der Waals surface area (Å²) in [5.41, 5.74) is 1.60. The van der Waals surface area contributed by atoms with Gasteiger partial charge in [-0.1, -0.05) is 18.3 Å². The van der Waals surface area contributed by atoms with Crippen molar-refractivity contribution in [3.63, 3.8) is 0 Å². The minimum Gasteiger partial charge on any atom is -0.317 e. The average Bonchev–Trinajstić information content (AvgIpc) is 3.10. The molecule has 2 aliphatic carbocycles. The summed E-state index contributed by atoms with van der Waals surface area (Å²) in [6, 6.07) is 0. The first-order valence-corrected chi connectivity index (χ1v) is 6.91. The minimum atomic E-state index is 0.451. The molecule has 2 rings (SSSR count). The van der Waals surface area contributed by atoms with Crippen LogP contribution in [0.1, 0.15) is 0 Å². The summed E-state index contributed by atoms with van der Waals surface area (Å²) in [7, 11) is 0. The van der Waals surface area contributed by atoms with Crippen molar-refractivity contribution in [1.29, 1.82) is 0 Å². The van der Waals surface area contributed by atoms with Crippen LogP contribution in [-0.4, -0.2) is 6.26 Å². The smallest absolute Gasteiger partial charge is 0.198 e. The molecular formula is C15H13NO2S. The number of thioether (sulfide) groups is 1. The van der Waals surface area contributed by atoms with Crippen molar-refractivity contribution in [2.45, 2.75) is 0 Å². The van der Waals surface area contributed by atoms with Crippen LogP contribution in [0.3, 0.4) is 0 Å². The van der Waals surface area contributed by atoms with Crippen LogP contribution in [0.4, 0.5) is 0 Å². The highest BCUT2D eigenvalue weighted by molar-refractivity contribution is 8.02. The van der Waals surface area contributed by atoms with E-state index in [0.29, 0.717) is 5.09 Å². The largest absolute Gasteiger partial charge is 0.317 e. The highest BCUT2D eigenvalue weighted by Gasteiger charge is 2.32. The maximum Gasteiger partial charge on any atom is 0.198 e. The van der Waals surface area contributed by atoms with Crippen LogP contribution in [-0.2, 0) is 4.84 Å². The van der Waals surface area contributed by atoms with Crippen LogP contribution in [0.25, 0.3) is 0 Å². The Kier molecular flexibility index (Phi) is 5.49. The van der Waals surface area contributed by atoms with E-state index in [9.17, 15) is 4.91 Å².